The summed E-state index contributed by atoms with van der Waals surface area (Å²) in [5.74, 6) is 1.02. The number of rotatable bonds is 7. The standard InChI is InChI=1S/C12H24N2O/c1-3-12(4-2,9-13)11(15)14-8-7-10-5-6-10/h10H,3-9,13H2,1-2H3,(H,14,15). The first-order valence-electron chi connectivity index (χ1n) is 6.17. The Bertz CT molecular complexity index is 199. The molecule has 3 nitrogen and oxygen atoms in total. The van der Waals surface area contributed by atoms with Gasteiger partial charge in [-0.1, -0.05) is 26.7 Å². The second-order valence-corrected chi connectivity index (χ2v) is 4.68. The first-order valence-corrected chi connectivity index (χ1v) is 6.17. The van der Waals surface area contributed by atoms with Crippen molar-refractivity contribution in [3.63, 3.8) is 0 Å². The second-order valence-electron chi connectivity index (χ2n) is 4.68. The zero-order valence-corrected chi connectivity index (χ0v) is 10.0. The predicted octanol–water partition coefficient (Wildman–Crippen LogP) is 1.67. The fourth-order valence-electron chi connectivity index (χ4n) is 1.94. The quantitative estimate of drug-likeness (QED) is 0.674. The van der Waals surface area contributed by atoms with Crippen molar-refractivity contribution in [2.24, 2.45) is 17.1 Å². The Labute approximate surface area is 92.8 Å². The van der Waals surface area contributed by atoms with E-state index >= 15 is 0 Å². The number of hydrogen-bond donors (Lipinski definition) is 2. The Morgan fingerprint density at radius 1 is 1.40 bits per heavy atom. The van der Waals surface area contributed by atoms with Gasteiger partial charge in [0.05, 0.1) is 5.41 Å². The van der Waals surface area contributed by atoms with E-state index in [9.17, 15) is 4.79 Å². The molecular formula is C12H24N2O. The lowest BCUT2D eigenvalue weighted by Gasteiger charge is -2.28. The van der Waals surface area contributed by atoms with Crippen LogP contribution in [0.3, 0.4) is 0 Å². The molecule has 0 bridgehead atoms. The molecule has 15 heavy (non-hydrogen) atoms. The lowest BCUT2D eigenvalue weighted by atomic mass is 9.81. The minimum atomic E-state index is -0.330. The van der Waals surface area contributed by atoms with Crippen LogP contribution < -0.4 is 11.1 Å². The molecule has 1 fully saturated rings. The van der Waals surface area contributed by atoms with Crippen LogP contribution in [-0.4, -0.2) is 19.0 Å². The summed E-state index contributed by atoms with van der Waals surface area (Å²) < 4.78 is 0. The summed E-state index contributed by atoms with van der Waals surface area (Å²) in [4.78, 5) is 12.0. The minimum Gasteiger partial charge on any atom is -0.356 e. The van der Waals surface area contributed by atoms with Crippen LogP contribution in [0.4, 0.5) is 0 Å². The molecule has 0 spiro atoms. The van der Waals surface area contributed by atoms with Crippen molar-refractivity contribution >= 4 is 5.91 Å². The molecule has 0 aromatic carbocycles. The van der Waals surface area contributed by atoms with E-state index in [1.807, 2.05) is 13.8 Å². The second kappa shape index (κ2) is 5.50. The van der Waals surface area contributed by atoms with E-state index in [1.54, 1.807) is 0 Å². The molecule has 0 saturated heterocycles. The molecule has 1 amide bonds. The number of hydrogen-bond acceptors (Lipinski definition) is 2. The molecule has 0 aromatic heterocycles. The van der Waals surface area contributed by atoms with Gasteiger partial charge in [-0.15, -0.1) is 0 Å². The van der Waals surface area contributed by atoms with Gasteiger partial charge in [0.25, 0.3) is 0 Å². The molecule has 1 rings (SSSR count). The number of nitrogens with two attached hydrogens (primary N) is 1. The highest BCUT2D eigenvalue weighted by atomic mass is 16.2. The first-order chi connectivity index (χ1) is 7.18. The van der Waals surface area contributed by atoms with Crippen LogP contribution in [0, 0.1) is 11.3 Å². The third-order valence-corrected chi connectivity index (χ3v) is 3.76. The summed E-state index contributed by atoms with van der Waals surface area (Å²) in [6.45, 7) is 5.36. The van der Waals surface area contributed by atoms with E-state index in [1.165, 1.54) is 12.8 Å². The normalized spacial score (nSPS) is 16.5. The molecule has 1 aliphatic rings. The van der Waals surface area contributed by atoms with Gasteiger partial charge in [-0.2, -0.15) is 0 Å². The Hall–Kier alpha value is -0.570. The molecule has 3 N–H and O–H groups in total. The third-order valence-electron chi connectivity index (χ3n) is 3.76. The Balaban J connectivity index is 2.33. The van der Waals surface area contributed by atoms with Crippen molar-refractivity contribution < 1.29 is 4.79 Å². The topological polar surface area (TPSA) is 55.1 Å². The highest BCUT2D eigenvalue weighted by Gasteiger charge is 2.33. The molecule has 0 radical (unpaired) electrons. The van der Waals surface area contributed by atoms with E-state index in [4.69, 9.17) is 5.73 Å². The Kier molecular flexibility index (Phi) is 4.58. The highest BCUT2D eigenvalue weighted by Crippen LogP contribution is 2.32. The first kappa shape index (κ1) is 12.5. The largest absolute Gasteiger partial charge is 0.356 e. The van der Waals surface area contributed by atoms with Crippen molar-refractivity contribution in [3.8, 4) is 0 Å². The van der Waals surface area contributed by atoms with Gasteiger partial charge >= 0.3 is 0 Å². The van der Waals surface area contributed by atoms with Gasteiger partial charge < -0.3 is 11.1 Å². The summed E-state index contributed by atoms with van der Waals surface area (Å²) in [5.41, 5.74) is 5.38. The summed E-state index contributed by atoms with van der Waals surface area (Å²) in [6, 6.07) is 0. The summed E-state index contributed by atoms with van der Waals surface area (Å²) >= 11 is 0. The van der Waals surface area contributed by atoms with Crippen molar-refractivity contribution in [2.75, 3.05) is 13.1 Å². The van der Waals surface area contributed by atoms with Gasteiger partial charge in [0, 0.05) is 13.1 Å². The van der Waals surface area contributed by atoms with Crippen LogP contribution in [-0.2, 0) is 4.79 Å². The summed E-state index contributed by atoms with van der Waals surface area (Å²) in [5, 5.41) is 3.03. The predicted molar refractivity (Wildman–Crippen MR) is 62.4 cm³/mol. The van der Waals surface area contributed by atoms with E-state index in [0.717, 1.165) is 31.7 Å². The van der Waals surface area contributed by atoms with E-state index in [-0.39, 0.29) is 11.3 Å². The molecule has 0 aliphatic heterocycles. The fraction of sp³-hybridized carbons (Fsp3) is 0.917. The van der Waals surface area contributed by atoms with Crippen LogP contribution in [0.2, 0.25) is 0 Å². The van der Waals surface area contributed by atoms with Gasteiger partial charge in [0.1, 0.15) is 0 Å². The third kappa shape index (κ3) is 3.20. The Morgan fingerprint density at radius 2 is 2.00 bits per heavy atom. The molecular weight excluding hydrogens is 188 g/mol. The summed E-state index contributed by atoms with van der Waals surface area (Å²) in [7, 11) is 0. The van der Waals surface area contributed by atoms with E-state index in [0.29, 0.717) is 6.54 Å². The molecule has 3 heteroatoms. The smallest absolute Gasteiger partial charge is 0.227 e. The Morgan fingerprint density at radius 3 is 2.40 bits per heavy atom. The minimum absolute atomic E-state index is 0.149. The maximum Gasteiger partial charge on any atom is 0.227 e. The average molecular weight is 212 g/mol. The SMILES string of the molecule is CCC(CC)(CN)C(=O)NCCC1CC1. The van der Waals surface area contributed by atoms with Crippen molar-refractivity contribution in [3.05, 3.63) is 0 Å². The zero-order chi connectivity index (χ0) is 11.3. The average Bonchev–Trinajstić information content (AvgIpc) is 3.05. The lowest BCUT2D eigenvalue weighted by Crippen LogP contribution is -2.45. The molecule has 1 aliphatic carbocycles. The molecule has 1 saturated carbocycles. The highest BCUT2D eigenvalue weighted by molar-refractivity contribution is 5.82. The fourth-order valence-corrected chi connectivity index (χ4v) is 1.94. The number of nitrogens with one attached hydrogen (secondary N) is 1. The summed E-state index contributed by atoms with van der Waals surface area (Å²) in [6.07, 6.45) is 5.49. The monoisotopic (exact) mass is 212 g/mol. The number of carbonyl (C=O) groups is 1. The van der Waals surface area contributed by atoms with Gasteiger partial charge in [-0.25, -0.2) is 0 Å². The van der Waals surface area contributed by atoms with E-state index < -0.39 is 0 Å². The van der Waals surface area contributed by atoms with Crippen LogP contribution in [0.1, 0.15) is 46.0 Å². The van der Waals surface area contributed by atoms with Crippen LogP contribution in [0.15, 0.2) is 0 Å². The van der Waals surface area contributed by atoms with Crippen molar-refractivity contribution in [2.45, 2.75) is 46.0 Å². The maximum absolute atomic E-state index is 12.0. The van der Waals surface area contributed by atoms with Gasteiger partial charge in [-0.05, 0) is 25.2 Å². The van der Waals surface area contributed by atoms with Crippen LogP contribution >= 0.6 is 0 Å². The molecule has 0 aromatic rings. The molecule has 0 heterocycles. The van der Waals surface area contributed by atoms with Crippen molar-refractivity contribution in [1.29, 1.82) is 0 Å². The van der Waals surface area contributed by atoms with Crippen LogP contribution in [0.25, 0.3) is 0 Å². The van der Waals surface area contributed by atoms with Gasteiger partial charge in [-0.3, -0.25) is 4.79 Å². The lowest BCUT2D eigenvalue weighted by molar-refractivity contribution is -0.131. The maximum atomic E-state index is 12.0. The zero-order valence-electron chi connectivity index (χ0n) is 10.0. The van der Waals surface area contributed by atoms with E-state index in [2.05, 4.69) is 5.32 Å². The van der Waals surface area contributed by atoms with Crippen LogP contribution in [0.5, 0.6) is 0 Å². The molecule has 0 unspecified atom stereocenters. The number of amides is 1. The number of carbonyl (C=O) groups excluding carboxylic acids is 1. The van der Waals surface area contributed by atoms with Crippen molar-refractivity contribution in [1.82, 2.24) is 5.32 Å². The molecule has 0 atom stereocenters. The van der Waals surface area contributed by atoms with Gasteiger partial charge in [0.2, 0.25) is 5.91 Å². The molecule has 88 valence electrons. The van der Waals surface area contributed by atoms with Gasteiger partial charge in [0.15, 0.2) is 0 Å².